The van der Waals surface area contributed by atoms with E-state index < -0.39 is 0 Å². The zero-order valence-electron chi connectivity index (χ0n) is 11.1. The van der Waals surface area contributed by atoms with Crippen LogP contribution in [0.15, 0.2) is 12.7 Å². The van der Waals surface area contributed by atoms with Gasteiger partial charge in [0.15, 0.2) is 0 Å². The lowest BCUT2D eigenvalue weighted by atomic mass is 10.3. The molecule has 0 aromatic carbocycles. The maximum Gasteiger partial charge on any atom is 0.237 e. The number of carbonyl (C=O) groups excluding carboxylic acids is 2. The van der Waals surface area contributed by atoms with Crippen molar-refractivity contribution in [2.75, 3.05) is 33.4 Å². The van der Waals surface area contributed by atoms with Crippen LogP contribution < -0.4 is 16.0 Å². The van der Waals surface area contributed by atoms with E-state index in [9.17, 15) is 9.59 Å². The fourth-order valence-electron chi connectivity index (χ4n) is 1.20. The standard InChI is InChI=1S/C12H23N3O3/c1-4-6-15-12(17)10(2)13-7-5-11(16)14-8-9-18-3/h4,10,13H,1,5-9H2,2-3H3,(H,14,16)(H,15,17). The quantitative estimate of drug-likeness (QED) is 0.361. The monoisotopic (exact) mass is 257 g/mol. The van der Waals surface area contributed by atoms with Crippen molar-refractivity contribution in [2.45, 2.75) is 19.4 Å². The Kier molecular flexibility index (Phi) is 9.90. The largest absolute Gasteiger partial charge is 0.383 e. The molecule has 1 atom stereocenters. The molecule has 104 valence electrons. The van der Waals surface area contributed by atoms with Crippen molar-refractivity contribution in [1.29, 1.82) is 0 Å². The second-order valence-electron chi connectivity index (χ2n) is 3.80. The van der Waals surface area contributed by atoms with Crippen LogP contribution in [-0.4, -0.2) is 51.2 Å². The Hall–Kier alpha value is -1.40. The molecule has 0 fully saturated rings. The minimum atomic E-state index is -0.322. The molecule has 0 aromatic rings. The van der Waals surface area contributed by atoms with Crippen LogP contribution in [0.4, 0.5) is 0 Å². The van der Waals surface area contributed by atoms with Gasteiger partial charge >= 0.3 is 0 Å². The molecule has 0 spiro atoms. The van der Waals surface area contributed by atoms with Crippen LogP contribution in [0.25, 0.3) is 0 Å². The lowest BCUT2D eigenvalue weighted by Gasteiger charge is -2.13. The van der Waals surface area contributed by atoms with E-state index in [0.717, 1.165) is 0 Å². The predicted molar refractivity (Wildman–Crippen MR) is 70.2 cm³/mol. The second-order valence-corrected chi connectivity index (χ2v) is 3.80. The summed E-state index contributed by atoms with van der Waals surface area (Å²) in [5, 5.41) is 8.35. The Bertz CT molecular complexity index is 269. The molecule has 1 unspecified atom stereocenters. The van der Waals surface area contributed by atoms with Crippen molar-refractivity contribution in [3.63, 3.8) is 0 Å². The third-order valence-electron chi connectivity index (χ3n) is 2.24. The molecule has 0 heterocycles. The Balaban J connectivity index is 3.60. The number of hydrogen-bond acceptors (Lipinski definition) is 4. The molecular weight excluding hydrogens is 234 g/mol. The van der Waals surface area contributed by atoms with E-state index in [1.807, 2.05) is 0 Å². The summed E-state index contributed by atoms with van der Waals surface area (Å²) in [7, 11) is 1.58. The molecule has 3 N–H and O–H groups in total. The summed E-state index contributed by atoms with van der Waals surface area (Å²) in [6.07, 6.45) is 1.96. The zero-order chi connectivity index (χ0) is 13.8. The minimum Gasteiger partial charge on any atom is -0.383 e. The van der Waals surface area contributed by atoms with E-state index in [-0.39, 0.29) is 17.9 Å². The van der Waals surface area contributed by atoms with Gasteiger partial charge in [-0.05, 0) is 6.92 Å². The molecule has 2 amide bonds. The fourth-order valence-corrected chi connectivity index (χ4v) is 1.20. The van der Waals surface area contributed by atoms with Gasteiger partial charge in [-0.1, -0.05) is 6.08 Å². The Labute approximate surface area is 108 Å². The van der Waals surface area contributed by atoms with Gasteiger partial charge in [-0.15, -0.1) is 6.58 Å². The van der Waals surface area contributed by atoms with Crippen LogP contribution in [0.5, 0.6) is 0 Å². The van der Waals surface area contributed by atoms with Gasteiger partial charge < -0.3 is 20.7 Å². The summed E-state index contributed by atoms with van der Waals surface area (Å²) in [5.74, 6) is -0.159. The topological polar surface area (TPSA) is 79.5 Å². The molecule has 0 aromatic heterocycles. The maximum atomic E-state index is 11.5. The normalized spacial score (nSPS) is 11.7. The third-order valence-corrected chi connectivity index (χ3v) is 2.24. The summed E-state index contributed by atoms with van der Waals surface area (Å²) >= 11 is 0. The van der Waals surface area contributed by atoms with Crippen LogP contribution in [0.1, 0.15) is 13.3 Å². The van der Waals surface area contributed by atoms with Gasteiger partial charge in [0.2, 0.25) is 11.8 Å². The smallest absolute Gasteiger partial charge is 0.237 e. The highest BCUT2D eigenvalue weighted by atomic mass is 16.5. The molecule has 6 nitrogen and oxygen atoms in total. The van der Waals surface area contributed by atoms with Crippen LogP contribution >= 0.6 is 0 Å². The molecule has 0 saturated heterocycles. The highest BCUT2D eigenvalue weighted by Gasteiger charge is 2.11. The SMILES string of the molecule is C=CCNC(=O)C(C)NCCC(=O)NCCOC. The lowest BCUT2D eigenvalue weighted by Crippen LogP contribution is -2.43. The third kappa shape index (κ3) is 8.72. The van der Waals surface area contributed by atoms with Gasteiger partial charge in [0.05, 0.1) is 12.6 Å². The van der Waals surface area contributed by atoms with E-state index in [0.29, 0.717) is 32.7 Å². The van der Waals surface area contributed by atoms with Crippen molar-refractivity contribution in [3.05, 3.63) is 12.7 Å². The number of rotatable bonds is 10. The molecule has 0 saturated carbocycles. The number of amides is 2. The minimum absolute atomic E-state index is 0.0572. The van der Waals surface area contributed by atoms with E-state index in [1.54, 1.807) is 20.1 Å². The van der Waals surface area contributed by atoms with E-state index in [2.05, 4.69) is 22.5 Å². The molecule has 18 heavy (non-hydrogen) atoms. The molecule has 0 rings (SSSR count). The van der Waals surface area contributed by atoms with Crippen molar-refractivity contribution < 1.29 is 14.3 Å². The van der Waals surface area contributed by atoms with Gasteiger partial charge in [0.1, 0.15) is 0 Å². The number of methoxy groups -OCH3 is 1. The highest BCUT2D eigenvalue weighted by molar-refractivity contribution is 5.81. The van der Waals surface area contributed by atoms with E-state index >= 15 is 0 Å². The van der Waals surface area contributed by atoms with Gasteiger partial charge in [-0.2, -0.15) is 0 Å². The van der Waals surface area contributed by atoms with Crippen molar-refractivity contribution >= 4 is 11.8 Å². The summed E-state index contributed by atoms with van der Waals surface area (Å²) in [6.45, 7) is 7.18. The molecule has 0 aliphatic heterocycles. The van der Waals surface area contributed by atoms with Crippen LogP contribution in [0, 0.1) is 0 Å². The van der Waals surface area contributed by atoms with E-state index in [4.69, 9.17) is 4.74 Å². The van der Waals surface area contributed by atoms with Gasteiger partial charge in [0, 0.05) is 33.2 Å². The summed E-state index contributed by atoms with van der Waals surface area (Å²) in [6, 6.07) is -0.322. The second kappa shape index (κ2) is 10.7. The first kappa shape index (κ1) is 16.6. The lowest BCUT2D eigenvalue weighted by molar-refractivity contribution is -0.123. The number of ether oxygens (including phenoxy) is 1. The molecule has 0 radical (unpaired) electrons. The highest BCUT2D eigenvalue weighted by Crippen LogP contribution is 1.84. The molecular formula is C12H23N3O3. The average Bonchev–Trinajstić information content (AvgIpc) is 2.36. The van der Waals surface area contributed by atoms with Crippen LogP contribution in [0.3, 0.4) is 0 Å². The number of carbonyl (C=O) groups is 2. The van der Waals surface area contributed by atoms with Crippen LogP contribution in [0.2, 0.25) is 0 Å². The van der Waals surface area contributed by atoms with Crippen LogP contribution in [-0.2, 0) is 14.3 Å². The maximum absolute atomic E-state index is 11.5. The Morgan fingerprint density at radius 1 is 1.33 bits per heavy atom. The fraction of sp³-hybridized carbons (Fsp3) is 0.667. The Morgan fingerprint density at radius 3 is 2.67 bits per heavy atom. The summed E-state index contributed by atoms with van der Waals surface area (Å²) < 4.78 is 4.81. The van der Waals surface area contributed by atoms with Crippen molar-refractivity contribution in [1.82, 2.24) is 16.0 Å². The first-order chi connectivity index (χ1) is 8.61. The van der Waals surface area contributed by atoms with Gasteiger partial charge in [0.25, 0.3) is 0 Å². The van der Waals surface area contributed by atoms with Crippen molar-refractivity contribution in [3.8, 4) is 0 Å². The molecule has 0 bridgehead atoms. The Morgan fingerprint density at radius 2 is 2.06 bits per heavy atom. The number of hydrogen-bond donors (Lipinski definition) is 3. The summed E-state index contributed by atoms with van der Waals surface area (Å²) in [5.41, 5.74) is 0. The summed E-state index contributed by atoms with van der Waals surface area (Å²) in [4.78, 5) is 22.8. The molecule has 6 heteroatoms. The van der Waals surface area contributed by atoms with Crippen molar-refractivity contribution in [2.24, 2.45) is 0 Å². The average molecular weight is 257 g/mol. The number of nitrogens with one attached hydrogen (secondary N) is 3. The van der Waals surface area contributed by atoms with Gasteiger partial charge in [-0.25, -0.2) is 0 Å². The first-order valence-corrected chi connectivity index (χ1v) is 5.99. The molecule has 0 aliphatic rings. The van der Waals surface area contributed by atoms with Gasteiger partial charge in [-0.3, -0.25) is 9.59 Å². The predicted octanol–water partition coefficient (Wildman–Crippen LogP) is -0.581. The first-order valence-electron chi connectivity index (χ1n) is 5.99. The zero-order valence-corrected chi connectivity index (χ0v) is 11.1. The van der Waals surface area contributed by atoms with E-state index in [1.165, 1.54) is 0 Å². The molecule has 0 aliphatic carbocycles.